The van der Waals surface area contributed by atoms with Crippen LogP contribution in [-0.2, 0) is 16.1 Å². The monoisotopic (exact) mass is 359 g/mol. The van der Waals surface area contributed by atoms with Crippen molar-refractivity contribution in [1.29, 1.82) is 0 Å². The molecule has 0 aromatic heterocycles. The fourth-order valence-corrected chi connectivity index (χ4v) is 3.90. The maximum absolute atomic E-state index is 12.6. The van der Waals surface area contributed by atoms with Crippen LogP contribution in [0.4, 0.5) is 0 Å². The van der Waals surface area contributed by atoms with Crippen LogP contribution < -0.4 is 10.1 Å². The molecule has 0 spiro atoms. The van der Waals surface area contributed by atoms with Gasteiger partial charge in [0.2, 0.25) is 11.8 Å². The normalized spacial score (nSPS) is 21.0. The van der Waals surface area contributed by atoms with Crippen molar-refractivity contribution in [3.63, 3.8) is 0 Å². The summed E-state index contributed by atoms with van der Waals surface area (Å²) in [5, 5.41) is 2.92. The zero-order chi connectivity index (χ0) is 18.7. The highest BCUT2D eigenvalue weighted by Gasteiger charge is 2.33. The quantitative estimate of drug-likeness (QED) is 0.868. The zero-order valence-electron chi connectivity index (χ0n) is 16.0. The van der Waals surface area contributed by atoms with Crippen LogP contribution in [0.5, 0.6) is 5.75 Å². The molecular formula is C20H29N3O3. The number of nitrogens with one attached hydrogen (secondary N) is 1. The van der Waals surface area contributed by atoms with Crippen molar-refractivity contribution in [3.8, 4) is 5.75 Å². The number of hydrogen-bond donors (Lipinski definition) is 1. The van der Waals surface area contributed by atoms with Gasteiger partial charge in [0.05, 0.1) is 19.6 Å². The van der Waals surface area contributed by atoms with Crippen molar-refractivity contribution in [1.82, 2.24) is 15.1 Å². The molecule has 6 nitrogen and oxygen atoms in total. The molecule has 1 atom stereocenters. The average molecular weight is 359 g/mol. The van der Waals surface area contributed by atoms with Crippen molar-refractivity contribution in [2.75, 3.05) is 33.3 Å². The number of rotatable bonds is 5. The van der Waals surface area contributed by atoms with Crippen LogP contribution in [0.15, 0.2) is 12.1 Å². The molecule has 2 aliphatic rings. The van der Waals surface area contributed by atoms with Crippen LogP contribution in [0.25, 0.3) is 0 Å². The second-order valence-corrected chi connectivity index (χ2v) is 7.25. The number of carbonyl (C=O) groups excluding carboxylic acids is 2. The van der Waals surface area contributed by atoms with E-state index in [4.69, 9.17) is 4.74 Å². The number of hydrogen-bond acceptors (Lipinski definition) is 4. The summed E-state index contributed by atoms with van der Waals surface area (Å²) in [5.41, 5.74) is 3.48. The third kappa shape index (κ3) is 3.85. The van der Waals surface area contributed by atoms with Crippen molar-refractivity contribution < 1.29 is 14.3 Å². The van der Waals surface area contributed by atoms with E-state index in [0.717, 1.165) is 43.8 Å². The van der Waals surface area contributed by atoms with Crippen molar-refractivity contribution in [2.45, 2.75) is 45.7 Å². The Labute approximate surface area is 155 Å². The Balaban J connectivity index is 1.75. The van der Waals surface area contributed by atoms with Crippen molar-refractivity contribution in [3.05, 3.63) is 28.8 Å². The van der Waals surface area contributed by atoms with Gasteiger partial charge in [-0.05, 0) is 49.4 Å². The number of piperazine rings is 1. The first kappa shape index (κ1) is 18.7. The number of nitrogens with zero attached hydrogens (tertiary/aromatic N) is 2. The highest BCUT2D eigenvalue weighted by atomic mass is 16.5. The maximum atomic E-state index is 12.6. The molecular weight excluding hydrogens is 330 g/mol. The Hall–Kier alpha value is -2.08. The summed E-state index contributed by atoms with van der Waals surface area (Å²) in [6.07, 6.45) is 2.40. The van der Waals surface area contributed by atoms with Gasteiger partial charge in [-0.2, -0.15) is 0 Å². The Morgan fingerprint density at radius 1 is 1.19 bits per heavy atom. The SMILES string of the molecule is COc1ccc(CN2CCNC(=O)[C@@H]2CC(=O)N2CCCC2)c(C)c1C. The minimum atomic E-state index is -0.390. The highest BCUT2D eigenvalue weighted by molar-refractivity contribution is 5.89. The third-order valence-corrected chi connectivity index (χ3v) is 5.71. The number of amides is 2. The van der Waals surface area contributed by atoms with E-state index in [-0.39, 0.29) is 18.2 Å². The van der Waals surface area contributed by atoms with E-state index in [1.54, 1.807) is 7.11 Å². The lowest BCUT2D eigenvalue weighted by molar-refractivity contribution is -0.138. The summed E-state index contributed by atoms with van der Waals surface area (Å²) in [7, 11) is 1.68. The molecule has 3 rings (SSSR count). The molecule has 2 amide bonds. The lowest BCUT2D eigenvalue weighted by Crippen LogP contribution is -2.56. The Morgan fingerprint density at radius 2 is 1.92 bits per heavy atom. The van der Waals surface area contributed by atoms with E-state index in [1.807, 2.05) is 11.0 Å². The van der Waals surface area contributed by atoms with E-state index in [2.05, 4.69) is 30.1 Å². The number of methoxy groups -OCH3 is 1. The fraction of sp³-hybridized carbons (Fsp3) is 0.600. The van der Waals surface area contributed by atoms with Crippen LogP contribution in [0.1, 0.15) is 36.0 Å². The van der Waals surface area contributed by atoms with Crippen LogP contribution in [-0.4, -0.2) is 60.9 Å². The second-order valence-electron chi connectivity index (χ2n) is 7.25. The van der Waals surface area contributed by atoms with E-state index < -0.39 is 6.04 Å². The van der Waals surface area contributed by atoms with Crippen LogP contribution in [0.3, 0.4) is 0 Å². The fourth-order valence-electron chi connectivity index (χ4n) is 3.90. The molecule has 6 heteroatoms. The van der Waals surface area contributed by atoms with E-state index >= 15 is 0 Å². The molecule has 2 aliphatic heterocycles. The van der Waals surface area contributed by atoms with E-state index in [9.17, 15) is 9.59 Å². The van der Waals surface area contributed by atoms with Gasteiger partial charge in [0.25, 0.3) is 0 Å². The summed E-state index contributed by atoms with van der Waals surface area (Å²) in [5.74, 6) is 0.937. The van der Waals surface area contributed by atoms with E-state index in [0.29, 0.717) is 13.1 Å². The molecule has 0 unspecified atom stereocenters. The number of carbonyl (C=O) groups is 2. The van der Waals surface area contributed by atoms with Gasteiger partial charge in [0.15, 0.2) is 0 Å². The zero-order valence-corrected chi connectivity index (χ0v) is 16.0. The Bertz CT molecular complexity index is 683. The van der Waals surface area contributed by atoms with Gasteiger partial charge in [-0.25, -0.2) is 0 Å². The summed E-state index contributed by atoms with van der Waals surface area (Å²) >= 11 is 0. The molecule has 2 saturated heterocycles. The van der Waals surface area contributed by atoms with Gasteiger partial charge < -0.3 is 15.0 Å². The van der Waals surface area contributed by atoms with Crippen LogP contribution in [0.2, 0.25) is 0 Å². The molecule has 2 fully saturated rings. The predicted molar refractivity (Wildman–Crippen MR) is 100 cm³/mol. The topological polar surface area (TPSA) is 61.9 Å². The molecule has 0 radical (unpaired) electrons. The summed E-state index contributed by atoms with van der Waals surface area (Å²) in [6.45, 7) is 7.84. The third-order valence-electron chi connectivity index (χ3n) is 5.71. The molecule has 1 aromatic carbocycles. The predicted octanol–water partition coefficient (Wildman–Crippen LogP) is 1.62. The first-order chi connectivity index (χ1) is 12.5. The average Bonchev–Trinajstić information content (AvgIpc) is 3.17. The van der Waals surface area contributed by atoms with Crippen LogP contribution >= 0.6 is 0 Å². The summed E-state index contributed by atoms with van der Waals surface area (Å²) in [6, 6.07) is 3.65. The minimum Gasteiger partial charge on any atom is -0.496 e. The first-order valence-corrected chi connectivity index (χ1v) is 9.44. The number of benzene rings is 1. The molecule has 142 valence electrons. The van der Waals surface area contributed by atoms with Crippen molar-refractivity contribution >= 4 is 11.8 Å². The van der Waals surface area contributed by atoms with Gasteiger partial charge in [-0.1, -0.05) is 6.07 Å². The smallest absolute Gasteiger partial charge is 0.237 e. The minimum absolute atomic E-state index is 0.0355. The molecule has 1 aromatic rings. The lowest BCUT2D eigenvalue weighted by atomic mass is 10.00. The Kier molecular flexibility index (Phi) is 5.81. The number of ether oxygens (including phenoxy) is 1. The molecule has 0 saturated carbocycles. The molecule has 26 heavy (non-hydrogen) atoms. The first-order valence-electron chi connectivity index (χ1n) is 9.44. The summed E-state index contributed by atoms with van der Waals surface area (Å²) < 4.78 is 5.39. The maximum Gasteiger partial charge on any atom is 0.237 e. The van der Waals surface area contributed by atoms with Gasteiger partial charge in [-0.3, -0.25) is 14.5 Å². The highest BCUT2D eigenvalue weighted by Crippen LogP contribution is 2.26. The summed E-state index contributed by atoms with van der Waals surface area (Å²) in [4.78, 5) is 29.1. The van der Waals surface area contributed by atoms with E-state index in [1.165, 1.54) is 11.1 Å². The van der Waals surface area contributed by atoms with Gasteiger partial charge in [-0.15, -0.1) is 0 Å². The van der Waals surface area contributed by atoms with Crippen LogP contribution in [0, 0.1) is 13.8 Å². The van der Waals surface area contributed by atoms with Gasteiger partial charge >= 0.3 is 0 Å². The van der Waals surface area contributed by atoms with Gasteiger partial charge in [0, 0.05) is 32.7 Å². The van der Waals surface area contributed by atoms with Gasteiger partial charge in [0.1, 0.15) is 5.75 Å². The number of likely N-dealkylation sites (tertiary alicyclic amines) is 1. The molecule has 0 bridgehead atoms. The molecule has 2 heterocycles. The molecule has 1 N–H and O–H groups in total. The lowest BCUT2D eigenvalue weighted by Gasteiger charge is -2.35. The second kappa shape index (κ2) is 8.08. The largest absolute Gasteiger partial charge is 0.496 e. The Morgan fingerprint density at radius 3 is 2.62 bits per heavy atom. The standard InChI is InChI=1S/C20H29N3O3/c1-14-15(2)18(26-3)7-6-16(14)13-23-11-8-21-20(25)17(23)12-19(24)22-9-4-5-10-22/h6-7,17H,4-5,8-13H2,1-3H3,(H,21,25)/t17-/m0/s1. The molecule has 0 aliphatic carbocycles. The van der Waals surface area contributed by atoms with Crippen molar-refractivity contribution in [2.24, 2.45) is 0 Å².